The van der Waals surface area contributed by atoms with Crippen molar-refractivity contribution in [1.29, 1.82) is 0 Å². The maximum Gasteiger partial charge on any atom is 0.332 e. The lowest BCUT2D eigenvalue weighted by molar-refractivity contribution is -0.141. The van der Waals surface area contributed by atoms with Crippen molar-refractivity contribution >= 4 is 43.0 Å². The third kappa shape index (κ3) is 13.9. The lowest BCUT2D eigenvalue weighted by Gasteiger charge is -2.12. The molecule has 2 rings (SSSR count). The van der Waals surface area contributed by atoms with Crippen molar-refractivity contribution < 1.29 is 59.9 Å². The normalized spacial score (nSPS) is 17.6. The van der Waals surface area contributed by atoms with E-state index in [9.17, 15) is 31.8 Å². The van der Waals surface area contributed by atoms with Gasteiger partial charge in [0.2, 0.25) is 0 Å². The Morgan fingerprint density at radius 3 is 2.00 bits per heavy atom. The smallest absolute Gasteiger partial charge is 0.332 e. The highest BCUT2D eigenvalue weighted by Gasteiger charge is 2.39. The first-order valence-corrected chi connectivity index (χ1v) is 14.8. The Bertz CT molecular complexity index is 1090. The number of ether oxygens (including phenoxy) is 4. The minimum Gasteiger partial charge on any atom is -0.507 e. The van der Waals surface area contributed by atoms with Gasteiger partial charge in [-0.1, -0.05) is 0 Å². The van der Waals surface area contributed by atoms with Crippen molar-refractivity contribution in [2.45, 2.75) is 12.5 Å². The topological polar surface area (TPSA) is 216 Å². The van der Waals surface area contributed by atoms with E-state index in [1.807, 2.05) is 0 Å². The van der Waals surface area contributed by atoms with Gasteiger partial charge in [0, 0.05) is 24.5 Å². The summed E-state index contributed by atoms with van der Waals surface area (Å²) in [7, 11) is -6.97. The van der Waals surface area contributed by atoms with Crippen molar-refractivity contribution in [3.05, 3.63) is 23.8 Å². The van der Waals surface area contributed by atoms with Gasteiger partial charge in [-0.2, -0.15) is 16.8 Å². The molecule has 37 heavy (non-hydrogen) atoms. The monoisotopic (exact) mass is 589 g/mol. The van der Waals surface area contributed by atoms with E-state index in [1.165, 1.54) is 17.8 Å². The number of methoxy groups -OCH3 is 1. The zero-order valence-corrected chi connectivity index (χ0v) is 22.7. The summed E-state index contributed by atoms with van der Waals surface area (Å²) >= 11 is 1.31. The molecule has 0 spiro atoms. The van der Waals surface area contributed by atoms with E-state index in [0.717, 1.165) is 0 Å². The fourth-order valence-electron chi connectivity index (χ4n) is 2.42. The van der Waals surface area contributed by atoms with Gasteiger partial charge in [0.1, 0.15) is 23.1 Å². The van der Waals surface area contributed by atoms with Gasteiger partial charge < -0.3 is 29.2 Å². The maximum absolute atomic E-state index is 11.3. The molecule has 0 saturated carbocycles. The zero-order chi connectivity index (χ0) is 28.1. The number of carboxylic acids is 1. The molecule has 0 radical (unpaired) electrons. The molecule has 212 valence electrons. The van der Waals surface area contributed by atoms with Gasteiger partial charge >= 0.3 is 5.97 Å². The molecule has 17 heteroatoms. The molecule has 1 aromatic carbocycles. The van der Waals surface area contributed by atoms with Gasteiger partial charge in [-0.15, -0.1) is 11.8 Å². The molecule has 1 aromatic rings. The second kappa shape index (κ2) is 15.4. The minimum absolute atomic E-state index is 0.000787. The summed E-state index contributed by atoms with van der Waals surface area (Å²) in [5, 5.41) is 20.0. The number of thioether (sulfide) groups is 1. The molecule has 4 N–H and O–H groups in total. The fourth-order valence-corrected chi connectivity index (χ4v) is 5.31. The fraction of sp³-hybridized carbons (Fsp3) is 0.600. The first kappa shape index (κ1) is 33.0. The summed E-state index contributed by atoms with van der Waals surface area (Å²) in [6.07, 6.45) is 0. The van der Waals surface area contributed by atoms with Gasteiger partial charge in [-0.25, -0.2) is 4.79 Å². The van der Waals surface area contributed by atoms with Crippen molar-refractivity contribution in [2.24, 2.45) is 4.99 Å². The van der Waals surface area contributed by atoms with Crippen LogP contribution in [0, 0.1) is 0 Å². The predicted octanol–water partition coefficient (Wildman–Crippen LogP) is 0.549. The Morgan fingerprint density at radius 1 is 1.00 bits per heavy atom. The average Bonchev–Trinajstić information content (AvgIpc) is 3.19. The van der Waals surface area contributed by atoms with E-state index >= 15 is 0 Å². The standard InChI is InChI=1S/C18H25NO7S.C2H6O6S2/c1-18(17(21)22)12-27-16(19-18)14-4-3-13(11-15(14)20)26-10-9-25-8-7-24-6-5-23-2;3-9(4,5)1-2-10(6,7)8/h3-4,11,20H,5-10,12H2,1-2H3,(H,21,22);1-2H2,(H,3,4,5)(H,6,7,8). The summed E-state index contributed by atoms with van der Waals surface area (Å²) in [6, 6.07) is 4.87. The molecule has 1 aliphatic rings. The Hall–Kier alpha value is -1.99. The van der Waals surface area contributed by atoms with Crippen molar-refractivity contribution in [1.82, 2.24) is 0 Å². The largest absolute Gasteiger partial charge is 0.507 e. The van der Waals surface area contributed by atoms with Gasteiger partial charge in [-0.05, 0) is 19.1 Å². The van der Waals surface area contributed by atoms with Crippen LogP contribution < -0.4 is 4.74 Å². The van der Waals surface area contributed by atoms with Crippen LogP contribution in [0.4, 0.5) is 0 Å². The molecular weight excluding hydrogens is 558 g/mol. The molecule has 0 fully saturated rings. The number of phenols is 1. The Balaban J connectivity index is 0.000000580. The Morgan fingerprint density at radius 2 is 1.54 bits per heavy atom. The van der Waals surface area contributed by atoms with Crippen LogP contribution in [0.1, 0.15) is 12.5 Å². The van der Waals surface area contributed by atoms with Crippen LogP contribution in [-0.4, -0.2) is 117 Å². The molecule has 1 aliphatic heterocycles. The maximum atomic E-state index is 11.3. The number of aliphatic imine (C=N–C) groups is 1. The molecule has 0 amide bonds. The summed E-state index contributed by atoms with van der Waals surface area (Å²) in [5.41, 5.74) is -0.659. The highest BCUT2D eigenvalue weighted by molar-refractivity contribution is 8.14. The lowest BCUT2D eigenvalue weighted by atomic mass is 10.1. The number of aliphatic carboxylic acids is 1. The van der Waals surface area contributed by atoms with Crippen LogP contribution in [0.5, 0.6) is 11.5 Å². The van der Waals surface area contributed by atoms with Gasteiger partial charge in [0.05, 0.1) is 44.5 Å². The number of phenolic OH excluding ortho intramolecular Hbond substituents is 1. The first-order chi connectivity index (χ1) is 17.2. The number of hydrogen-bond donors (Lipinski definition) is 4. The van der Waals surface area contributed by atoms with E-state index in [0.29, 0.717) is 61.8 Å². The number of nitrogens with zero attached hydrogens (tertiary/aromatic N) is 1. The molecule has 1 heterocycles. The lowest BCUT2D eigenvalue weighted by Crippen LogP contribution is -2.33. The summed E-state index contributed by atoms with van der Waals surface area (Å²) in [5.74, 6) is -2.10. The van der Waals surface area contributed by atoms with Crippen LogP contribution >= 0.6 is 11.8 Å². The molecule has 0 bridgehead atoms. The Kier molecular flexibility index (Phi) is 13.8. The first-order valence-electron chi connectivity index (χ1n) is 10.6. The minimum atomic E-state index is -4.30. The molecule has 1 atom stereocenters. The van der Waals surface area contributed by atoms with Gasteiger partial charge in [0.15, 0.2) is 5.54 Å². The quantitative estimate of drug-likeness (QED) is 0.162. The SMILES string of the molecule is COCCOCCOCCOc1ccc(C2=NC(C)(C(=O)O)CS2)c(O)c1.O=S(=O)(O)CCS(=O)(=O)O. The molecule has 0 saturated heterocycles. The van der Waals surface area contributed by atoms with E-state index in [2.05, 4.69) is 4.99 Å². The number of aromatic hydroxyl groups is 1. The van der Waals surface area contributed by atoms with Crippen LogP contribution in [0.15, 0.2) is 23.2 Å². The van der Waals surface area contributed by atoms with Crippen LogP contribution in [0.2, 0.25) is 0 Å². The van der Waals surface area contributed by atoms with Crippen molar-refractivity contribution in [3.63, 3.8) is 0 Å². The average molecular weight is 590 g/mol. The summed E-state index contributed by atoms with van der Waals surface area (Å²) in [4.78, 5) is 15.5. The van der Waals surface area contributed by atoms with Crippen molar-refractivity contribution in [3.8, 4) is 11.5 Å². The number of hydrogen-bond acceptors (Lipinski definition) is 12. The second-order valence-corrected chi connectivity index (χ2v) is 11.7. The van der Waals surface area contributed by atoms with E-state index < -0.39 is 43.3 Å². The van der Waals surface area contributed by atoms with Crippen LogP contribution in [-0.2, 0) is 39.2 Å². The highest BCUT2D eigenvalue weighted by Crippen LogP contribution is 2.35. The van der Waals surface area contributed by atoms with Crippen LogP contribution in [0.25, 0.3) is 0 Å². The number of carboxylic acid groups (broad SMARTS) is 1. The van der Waals surface area contributed by atoms with Gasteiger partial charge in [-0.3, -0.25) is 14.1 Å². The van der Waals surface area contributed by atoms with E-state index in [1.54, 1.807) is 26.2 Å². The third-order valence-electron chi connectivity index (χ3n) is 4.40. The molecular formula is C20H31NO13S3. The molecule has 1 unspecified atom stereocenters. The molecule has 0 aliphatic carbocycles. The van der Waals surface area contributed by atoms with Crippen LogP contribution in [0.3, 0.4) is 0 Å². The predicted molar refractivity (Wildman–Crippen MR) is 135 cm³/mol. The molecule has 14 nitrogen and oxygen atoms in total. The zero-order valence-electron chi connectivity index (χ0n) is 20.2. The van der Waals surface area contributed by atoms with Crippen molar-refractivity contribution in [2.75, 3.05) is 64.0 Å². The van der Waals surface area contributed by atoms with Gasteiger partial charge in [0.25, 0.3) is 20.2 Å². The van der Waals surface area contributed by atoms with E-state index in [4.69, 9.17) is 28.1 Å². The summed E-state index contributed by atoms with van der Waals surface area (Å²) < 4.78 is 76.5. The highest BCUT2D eigenvalue weighted by atomic mass is 32.2. The Labute approximate surface area is 219 Å². The van der Waals surface area contributed by atoms with E-state index in [-0.39, 0.29) is 5.75 Å². The third-order valence-corrected chi connectivity index (χ3v) is 7.39. The number of carbonyl (C=O) groups is 1. The number of rotatable bonds is 15. The second-order valence-electron chi connectivity index (χ2n) is 7.60. The summed E-state index contributed by atoms with van der Waals surface area (Å²) in [6.45, 7) is 4.36. The molecule has 0 aromatic heterocycles. The number of benzene rings is 1.